The van der Waals surface area contributed by atoms with Crippen molar-refractivity contribution in [3.63, 3.8) is 0 Å². The fraction of sp³-hybridized carbons (Fsp3) is 1.00. The van der Waals surface area contributed by atoms with E-state index in [0.29, 0.717) is 0 Å². The molecule has 0 saturated carbocycles. The van der Waals surface area contributed by atoms with Gasteiger partial charge in [0.25, 0.3) is 0 Å². The minimum absolute atomic E-state index is 0.0513. The topological polar surface area (TPSA) is 47.9 Å². The van der Waals surface area contributed by atoms with E-state index < -0.39 is 11.9 Å². The molecule has 0 radical (unpaired) electrons. The molecular formula is C10H18O4. The zero-order valence-electron chi connectivity index (χ0n) is 9.06. The van der Waals surface area contributed by atoms with Crippen molar-refractivity contribution in [2.75, 3.05) is 0 Å². The molecule has 82 valence electrons. The maximum Gasteiger partial charge on any atom is 0.187 e. The van der Waals surface area contributed by atoms with Crippen LogP contribution in [0.5, 0.6) is 0 Å². The maximum absolute atomic E-state index is 9.47. The van der Waals surface area contributed by atoms with E-state index in [1.165, 1.54) is 0 Å². The summed E-state index contributed by atoms with van der Waals surface area (Å²) in [6.07, 6.45) is -1.03. The number of ether oxygens (including phenoxy) is 3. The Kier molecular flexibility index (Phi) is 2.34. The van der Waals surface area contributed by atoms with Crippen molar-refractivity contribution in [1.29, 1.82) is 0 Å². The van der Waals surface area contributed by atoms with Gasteiger partial charge in [0.2, 0.25) is 0 Å². The van der Waals surface area contributed by atoms with Gasteiger partial charge in [-0.2, -0.15) is 0 Å². The van der Waals surface area contributed by atoms with Crippen molar-refractivity contribution in [2.45, 2.75) is 58.1 Å². The van der Waals surface area contributed by atoms with Gasteiger partial charge in [-0.15, -0.1) is 0 Å². The monoisotopic (exact) mass is 202 g/mol. The van der Waals surface area contributed by atoms with E-state index in [0.717, 1.165) is 0 Å². The van der Waals surface area contributed by atoms with Crippen LogP contribution in [0.15, 0.2) is 0 Å². The molecule has 0 amide bonds. The largest absolute Gasteiger partial charge is 0.391 e. The van der Waals surface area contributed by atoms with Crippen LogP contribution in [0.1, 0.15) is 27.7 Å². The van der Waals surface area contributed by atoms with E-state index in [1.54, 1.807) is 6.92 Å². The van der Waals surface area contributed by atoms with E-state index in [2.05, 4.69) is 0 Å². The van der Waals surface area contributed by atoms with Crippen molar-refractivity contribution in [3.05, 3.63) is 0 Å². The van der Waals surface area contributed by atoms with Gasteiger partial charge < -0.3 is 19.3 Å². The van der Waals surface area contributed by atoms with Crippen LogP contribution < -0.4 is 0 Å². The summed E-state index contributed by atoms with van der Waals surface area (Å²) in [4.78, 5) is 0. The Balaban J connectivity index is 2.08. The van der Waals surface area contributed by atoms with Crippen LogP contribution in [-0.4, -0.2) is 35.5 Å². The summed E-state index contributed by atoms with van der Waals surface area (Å²) in [5, 5.41) is 9.47. The molecule has 4 nitrogen and oxygen atoms in total. The molecule has 0 aromatic rings. The molecule has 0 aliphatic carbocycles. The summed E-state index contributed by atoms with van der Waals surface area (Å²) in [7, 11) is 0. The van der Waals surface area contributed by atoms with E-state index in [1.807, 2.05) is 20.8 Å². The molecule has 5 atom stereocenters. The fourth-order valence-corrected chi connectivity index (χ4v) is 2.24. The van der Waals surface area contributed by atoms with Gasteiger partial charge in [-0.25, -0.2) is 0 Å². The van der Waals surface area contributed by atoms with Gasteiger partial charge >= 0.3 is 0 Å². The Morgan fingerprint density at radius 1 is 1.29 bits per heavy atom. The first-order valence-electron chi connectivity index (χ1n) is 5.10. The van der Waals surface area contributed by atoms with Crippen molar-refractivity contribution in [3.8, 4) is 0 Å². The number of rotatable bonds is 1. The predicted octanol–water partition coefficient (Wildman–Crippen LogP) is 0.880. The van der Waals surface area contributed by atoms with Crippen molar-refractivity contribution >= 4 is 0 Å². The summed E-state index contributed by atoms with van der Waals surface area (Å²) >= 11 is 0. The highest BCUT2D eigenvalue weighted by atomic mass is 16.8. The average molecular weight is 202 g/mol. The van der Waals surface area contributed by atoms with E-state index in [9.17, 15) is 5.11 Å². The lowest BCUT2D eigenvalue weighted by molar-refractivity contribution is -0.218. The lowest BCUT2D eigenvalue weighted by Gasteiger charge is -2.24. The van der Waals surface area contributed by atoms with Gasteiger partial charge in [0, 0.05) is 5.92 Å². The molecule has 14 heavy (non-hydrogen) atoms. The second-order valence-electron chi connectivity index (χ2n) is 4.67. The fourth-order valence-electron chi connectivity index (χ4n) is 2.24. The molecule has 0 aromatic heterocycles. The summed E-state index contributed by atoms with van der Waals surface area (Å²) in [6.45, 7) is 7.50. The molecule has 4 heteroatoms. The lowest BCUT2D eigenvalue weighted by atomic mass is 9.98. The molecule has 2 aliphatic rings. The normalized spacial score (nSPS) is 47.8. The number of fused-ring (bicyclic) bond motifs is 1. The molecule has 2 heterocycles. The Bertz CT molecular complexity index is 224. The number of hydrogen-bond acceptors (Lipinski definition) is 4. The minimum atomic E-state index is -0.562. The molecular weight excluding hydrogens is 184 g/mol. The number of aliphatic hydroxyl groups is 1. The van der Waals surface area contributed by atoms with Crippen molar-refractivity contribution in [1.82, 2.24) is 0 Å². The van der Waals surface area contributed by atoms with Gasteiger partial charge in [-0.3, -0.25) is 0 Å². The van der Waals surface area contributed by atoms with Crippen LogP contribution in [0.3, 0.4) is 0 Å². The van der Waals surface area contributed by atoms with Crippen LogP contribution in [0.4, 0.5) is 0 Å². The van der Waals surface area contributed by atoms with Crippen LogP contribution in [-0.2, 0) is 14.2 Å². The second-order valence-corrected chi connectivity index (χ2v) is 4.67. The summed E-state index contributed by atoms with van der Waals surface area (Å²) in [5.74, 6) is -0.394. The molecule has 0 aromatic carbocycles. The number of hydrogen-bond donors (Lipinski definition) is 1. The van der Waals surface area contributed by atoms with E-state index >= 15 is 0 Å². The molecule has 0 unspecified atom stereocenters. The Morgan fingerprint density at radius 3 is 2.43 bits per heavy atom. The highest BCUT2D eigenvalue weighted by Gasteiger charge is 2.53. The van der Waals surface area contributed by atoms with Crippen LogP contribution >= 0.6 is 0 Å². The smallest absolute Gasteiger partial charge is 0.187 e. The lowest BCUT2D eigenvalue weighted by Crippen LogP contribution is -2.34. The average Bonchev–Trinajstić information content (AvgIpc) is 2.46. The Labute approximate surface area is 84.1 Å². The van der Waals surface area contributed by atoms with Crippen molar-refractivity contribution < 1.29 is 19.3 Å². The van der Waals surface area contributed by atoms with Crippen LogP contribution in [0.25, 0.3) is 0 Å². The van der Waals surface area contributed by atoms with Gasteiger partial charge in [0.15, 0.2) is 12.1 Å². The zero-order valence-corrected chi connectivity index (χ0v) is 9.06. The third kappa shape index (κ3) is 1.56. The molecule has 2 rings (SSSR count). The van der Waals surface area contributed by atoms with Crippen LogP contribution in [0, 0.1) is 5.92 Å². The highest BCUT2D eigenvalue weighted by molar-refractivity contribution is 4.92. The summed E-state index contributed by atoms with van der Waals surface area (Å²) < 4.78 is 16.9. The van der Waals surface area contributed by atoms with Crippen molar-refractivity contribution in [2.24, 2.45) is 5.92 Å². The SMILES string of the molecule is C[C@H]1[C@@H]2OC(C)(C)O[C@@H]2O[C@H]1[C@H](C)O. The third-order valence-electron chi connectivity index (χ3n) is 2.89. The van der Waals surface area contributed by atoms with Crippen LogP contribution in [0.2, 0.25) is 0 Å². The molecule has 0 spiro atoms. The summed E-state index contributed by atoms with van der Waals surface area (Å²) in [6, 6.07) is 0. The predicted molar refractivity (Wildman–Crippen MR) is 49.5 cm³/mol. The second kappa shape index (κ2) is 3.17. The zero-order chi connectivity index (χ0) is 10.5. The standard InChI is InChI=1S/C10H18O4/c1-5-7(6(2)11)12-9-8(5)13-10(3,4)14-9/h5-9,11H,1-4H3/t5-,6+,7-,8+,9+/m1/s1. The molecule has 2 fully saturated rings. The molecule has 2 saturated heterocycles. The minimum Gasteiger partial charge on any atom is -0.391 e. The van der Waals surface area contributed by atoms with Gasteiger partial charge in [0.1, 0.15) is 6.10 Å². The number of aliphatic hydroxyl groups excluding tert-OH is 1. The quantitative estimate of drug-likeness (QED) is 0.685. The molecule has 0 bridgehead atoms. The first-order valence-corrected chi connectivity index (χ1v) is 5.10. The molecule has 1 N–H and O–H groups in total. The van der Waals surface area contributed by atoms with Gasteiger partial charge in [-0.05, 0) is 20.8 Å². The van der Waals surface area contributed by atoms with E-state index in [4.69, 9.17) is 14.2 Å². The Hall–Kier alpha value is -0.160. The molecule has 2 aliphatic heterocycles. The van der Waals surface area contributed by atoms with Gasteiger partial charge in [0.05, 0.1) is 12.2 Å². The van der Waals surface area contributed by atoms with Gasteiger partial charge in [-0.1, -0.05) is 6.92 Å². The highest BCUT2D eigenvalue weighted by Crippen LogP contribution is 2.41. The third-order valence-corrected chi connectivity index (χ3v) is 2.89. The van der Waals surface area contributed by atoms with E-state index in [-0.39, 0.29) is 24.4 Å². The first-order chi connectivity index (χ1) is 6.41. The first kappa shape index (κ1) is 10.4. The summed E-state index contributed by atoms with van der Waals surface area (Å²) in [5.41, 5.74) is 0. The maximum atomic E-state index is 9.47. The Morgan fingerprint density at radius 2 is 1.93 bits per heavy atom.